The van der Waals surface area contributed by atoms with Crippen molar-refractivity contribution in [2.75, 3.05) is 13.2 Å². The molecule has 1 N–H and O–H groups in total. The van der Waals surface area contributed by atoms with Crippen molar-refractivity contribution in [2.45, 2.75) is 51.6 Å². The van der Waals surface area contributed by atoms with Gasteiger partial charge in [-0.15, -0.1) is 0 Å². The number of amides is 1. The number of nitrogens with one attached hydrogen (secondary N) is 1. The monoisotopic (exact) mass is 345 g/mol. The molecule has 2 heterocycles. The Morgan fingerprint density at radius 3 is 2.76 bits per heavy atom. The number of carbonyl (C=O) groups is 1. The number of hydrogen-bond acceptors (Lipinski definition) is 4. The van der Waals surface area contributed by atoms with Crippen molar-refractivity contribution < 1.29 is 9.53 Å². The molecule has 0 unspecified atom stereocenters. The van der Waals surface area contributed by atoms with Crippen molar-refractivity contribution in [3.8, 4) is 5.82 Å². The molecule has 7 heteroatoms. The maximum absolute atomic E-state index is 12.6. The summed E-state index contributed by atoms with van der Waals surface area (Å²) in [4.78, 5) is 12.6. The number of rotatable bonds is 6. The molecule has 136 valence electrons. The lowest BCUT2D eigenvalue weighted by Gasteiger charge is -2.15. The second kappa shape index (κ2) is 8.29. The van der Waals surface area contributed by atoms with Gasteiger partial charge >= 0.3 is 0 Å². The van der Waals surface area contributed by atoms with Gasteiger partial charge in [0.25, 0.3) is 5.91 Å². The third kappa shape index (κ3) is 4.28. The number of nitrogens with zero attached hydrogens (tertiary/aromatic N) is 4. The molecule has 0 spiro atoms. The summed E-state index contributed by atoms with van der Waals surface area (Å²) in [5.41, 5.74) is 1.25. The normalized spacial score (nSPS) is 15.9. The Hall–Kier alpha value is -2.15. The summed E-state index contributed by atoms with van der Waals surface area (Å²) in [5.74, 6) is 0.533. The quantitative estimate of drug-likeness (QED) is 0.644. The van der Waals surface area contributed by atoms with Crippen LogP contribution in [0.1, 0.15) is 54.6 Å². The van der Waals surface area contributed by atoms with E-state index in [2.05, 4.69) is 15.5 Å². The standard InChI is InChI=1S/C18H27N5O2/c1-14-16(18(22(2)21-14)23-12-7-10-20-23)17(24)19-11-13-25-15-8-5-3-4-6-9-15/h7,10,12,15H,3-6,8-9,11,13H2,1-2H3,(H,19,24). The van der Waals surface area contributed by atoms with Crippen molar-refractivity contribution in [2.24, 2.45) is 7.05 Å². The van der Waals surface area contributed by atoms with Gasteiger partial charge in [-0.3, -0.25) is 4.79 Å². The maximum atomic E-state index is 12.6. The van der Waals surface area contributed by atoms with E-state index in [1.165, 1.54) is 25.7 Å². The van der Waals surface area contributed by atoms with E-state index in [9.17, 15) is 4.79 Å². The van der Waals surface area contributed by atoms with Gasteiger partial charge in [0, 0.05) is 26.0 Å². The molecule has 0 aromatic carbocycles. The second-order valence-corrected chi connectivity index (χ2v) is 6.60. The lowest BCUT2D eigenvalue weighted by atomic mass is 10.1. The minimum absolute atomic E-state index is 0.138. The molecule has 3 rings (SSSR count). The van der Waals surface area contributed by atoms with Crippen LogP contribution in [0.25, 0.3) is 5.82 Å². The Balaban J connectivity index is 1.57. The molecule has 0 bridgehead atoms. The average molecular weight is 345 g/mol. The predicted molar refractivity (Wildman–Crippen MR) is 94.8 cm³/mol. The van der Waals surface area contributed by atoms with E-state index in [0.717, 1.165) is 12.8 Å². The minimum atomic E-state index is -0.138. The maximum Gasteiger partial charge on any atom is 0.257 e. The van der Waals surface area contributed by atoms with Crippen LogP contribution in [-0.2, 0) is 11.8 Å². The van der Waals surface area contributed by atoms with Gasteiger partial charge in [-0.1, -0.05) is 25.7 Å². The van der Waals surface area contributed by atoms with Crippen molar-refractivity contribution in [3.63, 3.8) is 0 Å². The zero-order valence-corrected chi connectivity index (χ0v) is 15.1. The fourth-order valence-corrected chi connectivity index (χ4v) is 3.46. The van der Waals surface area contributed by atoms with Gasteiger partial charge in [0.2, 0.25) is 0 Å². The van der Waals surface area contributed by atoms with Gasteiger partial charge in [-0.25, -0.2) is 9.36 Å². The summed E-state index contributed by atoms with van der Waals surface area (Å²) in [6.07, 6.45) is 11.2. The molecule has 0 aliphatic heterocycles. The molecular weight excluding hydrogens is 318 g/mol. The van der Waals surface area contributed by atoms with E-state index in [4.69, 9.17) is 4.74 Å². The van der Waals surface area contributed by atoms with Gasteiger partial charge < -0.3 is 10.1 Å². The Bertz CT molecular complexity index is 685. The minimum Gasteiger partial charge on any atom is -0.376 e. The molecule has 7 nitrogen and oxygen atoms in total. The SMILES string of the molecule is Cc1nn(C)c(-n2cccn2)c1C(=O)NCCOC1CCCCCC1. The van der Waals surface area contributed by atoms with Crippen LogP contribution in [0.5, 0.6) is 0 Å². The number of aromatic nitrogens is 4. The molecular formula is C18H27N5O2. The number of aryl methyl sites for hydroxylation is 2. The van der Waals surface area contributed by atoms with Gasteiger partial charge in [-0.2, -0.15) is 10.2 Å². The smallest absolute Gasteiger partial charge is 0.257 e. The lowest BCUT2D eigenvalue weighted by molar-refractivity contribution is 0.0441. The molecule has 1 aliphatic carbocycles. The first-order valence-corrected chi connectivity index (χ1v) is 9.10. The third-order valence-electron chi connectivity index (χ3n) is 4.68. The molecule has 1 fully saturated rings. The molecule has 1 aliphatic rings. The molecule has 2 aromatic rings. The van der Waals surface area contributed by atoms with Crippen LogP contribution in [0, 0.1) is 6.92 Å². The summed E-state index contributed by atoms with van der Waals surface area (Å²) in [5, 5.41) is 11.5. The lowest BCUT2D eigenvalue weighted by Crippen LogP contribution is -2.30. The van der Waals surface area contributed by atoms with Gasteiger partial charge in [0.05, 0.1) is 18.4 Å². The van der Waals surface area contributed by atoms with E-state index in [1.54, 1.807) is 15.6 Å². The second-order valence-electron chi connectivity index (χ2n) is 6.60. The Labute approximate surface area is 148 Å². The number of carbonyl (C=O) groups excluding carboxylic acids is 1. The highest BCUT2D eigenvalue weighted by atomic mass is 16.5. The van der Waals surface area contributed by atoms with E-state index in [0.29, 0.717) is 36.3 Å². The number of ether oxygens (including phenoxy) is 1. The number of hydrogen-bond donors (Lipinski definition) is 1. The molecule has 1 amide bonds. The fraction of sp³-hybridized carbons (Fsp3) is 0.611. The zero-order valence-electron chi connectivity index (χ0n) is 15.1. The summed E-state index contributed by atoms with van der Waals surface area (Å²) in [7, 11) is 1.82. The van der Waals surface area contributed by atoms with Crippen molar-refractivity contribution >= 4 is 5.91 Å². The van der Waals surface area contributed by atoms with E-state index < -0.39 is 0 Å². The molecule has 0 atom stereocenters. The van der Waals surface area contributed by atoms with Crippen LogP contribution in [0.15, 0.2) is 18.5 Å². The van der Waals surface area contributed by atoms with Crippen LogP contribution in [0.4, 0.5) is 0 Å². The fourth-order valence-electron chi connectivity index (χ4n) is 3.46. The largest absolute Gasteiger partial charge is 0.376 e. The summed E-state index contributed by atoms with van der Waals surface area (Å²) < 4.78 is 9.28. The molecule has 0 saturated heterocycles. The van der Waals surface area contributed by atoms with Crippen molar-refractivity contribution in [3.05, 3.63) is 29.7 Å². The summed E-state index contributed by atoms with van der Waals surface area (Å²) in [6, 6.07) is 1.82. The van der Waals surface area contributed by atoms with Gasteiger partial charge in [0.15, 0.2) is 5.82 Å². The highest BCUT2D eigenvalue weighted by molar-refractivity contribution is 5.98. The van der Waals surface area contributed by atoms with Gasteiger partial charge in [0.1, 0.15) is 5.56 Å². The topological polar surface area (TPSA) is 74.0 Å². The van der Waals surface area contributed by atoms with E-state index in [-0.39, 0.29) is 5.91 Å². The van der Waals surface area contributed by atoms with Crippen molar-refractivity contribution in [1.29, 1.82) is 0 Å². The Kier molecular flexibility index (Phi) is 5.86. The third-order valence-corrected chi connectivity index (χ3v) is 4.68. The first kappa shape index (κ1) is 17.7. The van der Waals surface area contributed by atoms with Crippen molar-refractivity contribution in [1.82, 2.24) is 24.9 Å². The average Bonchev–Trinajstić information content (AvgIpc) is 3.11. The van der Waals surface area contributed by atoms with E-state index >= 15 is 0 Å². The van der Waals surface area contributed by atoms with Crippen LogP contribution < -0.4 is 5.32 Å². The zero-order chi connectivity index (χ0) is 17.6. The molecule has 2 aromatic heterocycles. The van der Waals surface area contributed by atoms with Gasteiger partial charge in [-0.05, 0) is 25.8 Å². The van der Waals surface area contributed by atoms with Crippen LogP contribution in [-0.4, -0.2) is 44.7 Å². The van der Waals surface area contributed by atoms with Crippen LogP contribution in [0.3, 0.4) is 0 Å². The summed E-state index contributed by atoms with van der Waals surface area (Å²) in [6.45, 7) is 2.89. The first-order chi connectivity index (χ1) is 12.2. The predicted octanol–water partition coefficient (Wildman–Crippen LogP) is 2.38. The highest BCUT2D eigenvalue weighted by Crippen LogP contribution is 2.20. The summed E-state index contributed by atoms with van der Waals surface area (Å²) >= 11 is 0. The first-order valence-electron chi connectivity index (χ1n) is 9.10. The molecule has 25 heavy (non-hydrogen) atoms. The van der Waals surface area contributed by atoms with E-state index in [1.807, 2.05) is 26.2 Å². The van der Waals surface area contributed by atoms with Crippen LogP contribution >= 0.6 is 0 Å². The Morgan fingerprint density at radius 2 is 2.08 bits per heavy atom. The van der Waals surface area contributed by atoms with Crippen LogP contribution in [0.2, 0.25) is 0 Å². The molecule has 1 saturated carbocycles. The highest BCUT2D eigenvalue weighted by Gasteiger charge is 2.22. The Morgan fingerprint density at radius 1 is 1.32 bits per heavy atom. The molecule has 0 radical (unpaired) electrons.